The molecule has 0 aromatic heterocycles. The Bertz CT molecular complexity index is 699. The van der Waals surface area contributed by atoms with Crippen LogP contribution in [0.1, 0.15) is 24.8 Å². The lowest BCUT2D eigenvalue weighted by Gasteiger charge is -2.32. The van der Waals surface area contributed by atoms with E-state index in [1.807, 2.05) is 12.1 Å². The van der Waals surface area contributed by atoms with E-state index in [1.165, 1.54) is 0 Å². The number of nitrogens with one attached hydrogen (secondary N) is 2. The van der Waals surface area contributed by atoms with Crippen LogP contribution in [0.15, 0.2) is 24.3 Å². The lowest BCUT2D eigenvalue weighted by Crippen LogP contribution is -2.46. The number of carbonyl (C=O) groups excluding carboxylic acids is 2. The Labute approximate surface area is 156 Å². The number of carbonyl (C=O) groups is 3. The van der Waals surface area contributed by atoms with Crippen molar-refractivity contribution in [2.45, 2.75) is 25.8 Å². The van der Waals surface area contributed by atoms with Crippen molar-refractivity contribution in [3.8, 4) is 0 Å². The number of likely N-dealkylation sites (tertiary alicyclic amines) is 1. The SMILES string of the molecule is O=C(NCC(=O)N1CCC2(CC1)CC2C(=O)O)NCc1ccc(Cl)cc1. The van der Waals surface area contributed by atoms with Crippen molar-refractivity contribution < 1.29 is 19.5 Å². The van der Waals surface area contributed by atoms with E-state index in [9.17, 15) is 14.4 Å². The molecule has 3 rings (SSSR count). The van der Waals surface area contributed by atoms with Crippen molar-refractivity contribution in [1.82, 2.24) is 15.5 Å². The van der Waals surface area contributed by atoms with Gasteiger partial charge in [-0.3, -0.25) is 9.59 Å². The number of nitrogens with zero attached hydrogens (tertiary/aromatic N) is 1. The maximum Gasteiger partial charge on any atom is 0.315 e. The van der Waals surface area contributed by atoms with Crippen molar-refractivity contribution in [3.05, 3.63) is 34.9 Å². The summed E-state index contributed by atoms with van der Waals surface area (Å²) in [5.41, 5.74) is 0.807. The number of carboxylic acid groups (broad SMARTS) is 1. The molecule has 8 heteroatoms. The zero-order valence-corrected chi connectivity index (χ0v) is 15.1. The second-order valence-corrected chi connectivity index (χ2v) is 7.44. The summed E-state index contributed by atoms with van der Waals surface area (Å²) in [7, 11) is 0. The van der Waals surface area contributed by atoms with Crippen LogP contribution in [-0.2, 0) is 16.1 Å². The lowest BCUT2D eigenvalue weighted by molar-refractivity contribution is -0.139. The molecule has 1 saturated heterocycles. The molecule has 1 aliphatic heterocycles. The van der Waals surface area contributed by atoms with E-state index in [0.717, 1.165) is 24.8 Å². The number of rotatable bonds is 5. The highest BCUT2D eigenvalue weighted by Gasteiger charge is 2.59. The van der Waals surface area contributed by atoms with E-state index < -0.39 is 12.0 Å². The van der Waals surface area contributed by atoms with E-state index >= 15 is 0 Å². The Morgan fingerprint density at radius 2 is 1.81 bits per heavy atom. The number of carboxylic acids is 1. The summed E-state index contributed by atoms with van der Waals surface area (Å²) in [6.45, 7) is 1.38. The molecule has 3 N–H and O–H groups in total. The lowest BCUT2D eigenvalue weighted by atomic mass is 9.91. The molecule has 3 amide bonds. The smallest absolute Gasteiger partial charge is 0.315 e. The highest BCUT2D eigenvalue weighted by Crippen LogP contribution is 2.59. The van der Waals surface area contributed by atoms with E-state index in [0.29, 0.717) is 24.7 Å². The molecular formula is C18H22ClN3O4. The van der Waals surface area contributed by atoms with Gasteiger partial charge >= 0.3 is 12.0 Å². The van der Waals surface area contributed by atoms with Crippen LogP contribution >= 0.6 is 11.6 Å². The molecule has 7 nitrogen and oxygen atoms in total. The molecule has 2 aliphatic rings. The first-order valence-electron chi connectivity index (χ1n) is 8.66. The third-order valence-electron chi connectivity index (χ3n) is 5.37. The monoisotopic (exact) mass is 379 g/mol. The Morgan fingerprint density at radius 3 is 2.38 bits per heavy atom. The fourth-order valence-corrected chi connectivity index (χ4v) is 3.69. The molecule has 0 radical (unpaired) electrons. The summed E-state index contributed by atoms with van der Waals surface area (Å²) >= 11 is 5.81. The van der Waals surface area contributed by atoms with Gasteiger partial charge in [-0.25, -0.2) is 4.79 Å². The molecule has 1 heterocycles. The molecule has 1 aromatic rings. The van der Waals surface area contributed by atoms with Crippen LogP contribution in [0.2, 0.25) is 5.02 Å². The van der Waals surface area contributed by atoms with Gasteiger partial charge in [0.15, 0.2) is 0 Å². The number of piperidine rings is 1. The summed E-state index contributed by atoms with van der Waals surface area (Å²) in [6.07, 6.45) is 2.16. The molecule has 1 unspecified atom stereocenters. The van der Waals surface area contributed by atoms with Gasteiger partial charge in [-0.2, -0.15) is 0 Å². The topological polar surface area (TPSA) is 98.7 Å². The number of hydrogen-bond acceptors (Lipinski definition) is 3. The summed E-state index contributed by atoms with van der Waals surface area (Å²) in [5.74, 6) is -1.13. The maximum absolute atomic E-state index is 12.2. The first-order chi connectivity index (χ1) is 12.4. The first-order valence-corrected chi connectivity index (χ1v) is 9.04. The van der Waals surface area contributed by atoms with Crippen molar-refractivity contribution in [2.75, 3.05) is 19.6 Å². The number of amides is 3. The summed E-state index contributed by atoms with van der Waals surface area (Å²) in [6, 6.07) is 6.73. The summed E-state index contributed by atoms with van der Waals surface area (Å²) in [5, 5.41) is 15.0. The van der Waals surface area contributed by atoms with Crippen molar-refractivity contribution in [2.24, 2.45) is 11.3 Å². The van der Waals surface area contributed by atoms with Crippen LogP contribution in [0.4, 0.5) is 4.79 Å². The molecule has 1 atom stereocenters. The van der Waals surface area contributed by atoms with E-state index in [1.54, 1.807) is 17.0 Å². The molecule has 1 saturated carbocycles. The third-order valence-corrected chi connectivity index (χ3v) is 5.62. The van der Waals surface area contributed by atoms with Crippen molar-refractivity contribution in [3.63, 3.8) is 0 Å². The predicted octanol–water partition coefficient (Wildman–Crippen LogP) is 1.85. The molecule has 1 spiro atoms. The minimum Gasteiger partial charge on any atom is -0.481 e. The van der Waals surface area contributed by atoms with Crippen LogP contribution in [-0.4, -0.2) is 47.5 Å². The fourth-order valence-electron chi connectivity index (χ4n) is 3.57. The van der Waals surface area contributed by atoms with Gasteiger partial charge in [-0.15, -0.1) is 0 Å². The highest BCUT2D eigenvalue weighted by molar-refractivity contribution is 6.30. The van der Waals surface area contributed by atoms with Gasteiger partial charge in [0.05, 0.1) is 12.5 Å². The first kappa shape index (κ1) is 18.5. The van der Waals surface area contributed by atoms with Gasteiger partial charge in [0.1, 0.15) is 0 Å². The number of halogens is 1. The van der Waals surface area contributed by atoms with Gasteiger partial charge < -0.3 is 20.6 Å². The number of hydrogen-bond donors (Lipinski definition) is 3. The second kappa shape index (κ2) is 7.53. The van der Waals surface area contributed by atoms with Gasteiger partial charge in [-0.05, 0) is 42.4 Å². The molecule has 140 valence electrons. The fraction of sp³-hybridized carbons (Fsp3) is 0.500. The summed E-state index contributed by atoms with van der Waals surface area (Å²) in [4.78, 5) is 36.8. The van der Waals surface area contributed by atoms with Crippen LogP contribution in [0, 0.1) is 11.3 Å². The van der Waals surface area contributed by atoms with Gasteiger partial charge in [0.2, 0.25) is 5.91 Å². The Hall–Kier alpha value is -2.28. The zero-order valence-electron chi connectivity index (χ0n) is 14.3. The molecule has 26 heavy (non-hydrogen) atoms. The Kier molecular flexibility index (Phi) is 5.36. The van der Waals surface area contributed by atoms with Gasteiger partial charge in [0, 0.05) is 24.7 Å². The molecule has 1 aliphatic carbocycles. The van der Waals surface area contributed by atoms with Crippen LogP contribution < -0.4 is 10.6 Å². The highest BCUT2D eigenvalue weighted by atomic mass is 35.5. The zero-order chi connectivity index (χ0) is 18.7. The largest absolute Gasteiger partial charge is 0.481 e. The maximum atomic E-state index is 12.2. The minimum absolute atomic E-state index is 0.0676. The standard InChI is InChI=1S/C18H22ClN3O4/c19-13-3-1-12(2-4-13)10-20-17(26)21-11-15(23)22-7-5-18(6-8-22)9-14(18)16(24)25/h1-4,14H,5-11H2,(H,24,25)(H2,20,21,26). The van der Waals surface area contributed by atoms with E-state index in [4.69, 9.17) is 16.7 Å². The van der Waals surface area contributed by atoms with Crippen LogP contribution in [0.3, 0.4) is 0 Å². The van der Waals surface area contributed by atoms with Crippen LogP contribution in [0.25, 0.3) is 0 Å². The van der Waals surface area contributed by atoms with Crippen molar-refractivity contribution in [1.29, 1.82) is 0 Å². The number of urea groups is 1. The molecule has 1 aromatic carbocycles. The predicted molar refractivity (Wildman–Crippen MR) is 95.7 cm³/mol. The average molecular weight is 380 g/mol. The Balaban J connectivity index is 1.36. The van der Waals surface area contributed by atoms with E-state index in [-0.39, 0.29) is 23.8 Å². The summed E-state index contributed by atoms with van der Waals surface area (Å²) < 4.78 is 0. The molecular weight excluding hydrogens is 358 g/mol. The van der Waals surface area contributed by atoms with Crippen LogP contribution in [0.5, 0.6) is 0 Å². The minimum atomic E-state index is -0.733. The number of aliphatic carboxylic acids is 1. The molecule has 2 fully saturated rings. The normalized spacial score (nSPS) is 20.5. The average Bonchev–Trinajstić information content (AvgIpc) is 3.33. The van der Waals surface area contributed by atoms with Crippen molar-refractivity contribution >= 4 is 29.5 Å². The van der Waals surface area contributed by atoms with E-state index in [2.05, 4.69) is 10.6 Å². The van der Waals surface area contributed by atoms with Gasteiger partial charge in [-0.1, -0.05) is 23.7 Å². The Morgan fingerprint density at radius 1 is 1.15 bits per heavy atom. The quantitative estimate of drug-likeness (QED) is 0.727. The number of benzene rings is 1. The second-order valence-electron chi connectivity index (χ2n) is 7.00. The van der Waals surface area contributed by atoms with Gasteiger partial charge in [0.25, 0.3) is 0 Å². The molecule has 0 bridgehead atoms. The third kappa shape index (κ3) is 4.27.